The highest BCUT2D eigenvalue weighted by atomic mass is 32.1. The lowest BCUT2D eigenvalue weighted by Crippen LogP contribution is -2.22. The molecule has 0 saturated heterocycles. The van der Waals surface area contributed by atoms with Crippen molar-refractivity contribution in [3.63, 3.8) is 0 Å². The van der Waals surface area contributed by atoms with Crippen molar-refractivity contribution in [3.05, 3.63) is 34.8 Å². The number of hydrogen-bond donors (Lipinski definition) is 2. The van der Waals surface area contributed by atoms with Gasteiger partial charge in [-0.25, -0.2) is 9.98 Å². The summed E-state index contributed by atoms with van der Waals surface area (Å²) in [6, 6.07) is 5.60. The molecule has 0 amide bonds. The van der Waals surface area contributed by atoms with Crippen LogP contribution < -0.4 is 20.5 Å². The largest absolute Gasteiger partial charge is 0.496 e. The van der Waals surface area contributed by atoms with E-state index < -0.39 is 0 Å². The number of aromatic nitrogens is 1. The van der Waals surface area contributed by atoms with E-state index in [0.717, 1.165) is 22.9 Å². The number of guanidine groups is 1. The van der Waals surface area contributed by atoms with Gasteiger partial charge in [0.1, 0.15) is 11.5 Å². The number of nitrogens with one attached hydrogen (secondary N) is 1. The van der Waals surface area contributed by atoms with E-state index >= 15 is 0 Å². The van der Waals surface area contributed by atoms with Gasteiger partial charge in [-0.15, -0.1) is 11.3 Å². The van der Waals surface area contributed by atoms with E-state index in [0.29, 0.717) is 24.0 Å². The van der Waals surface area contributed by atoms with E-state index in [1.807, 2.05) is 37.7 Å². The van der Waals surface area contributed by atoms with Crippen molar-refractivity contribution in [2.45, 2.75) is 13.1 Å². The SMILES string of the molecule is COc1cccc(OC)c1CN=C(N)Nc1nc(CN(C)C)cs1. The zero-order valence-corrected chi connectivity index (χ0v) is 15.2. The molecule has 130 valence electrons. The molecule has 0 fully saturated rings. The molecule has 8 heteroatoms. The number of hydrogen-bond acceptors (Lipinski definition) is 6. The minimum absolute atomic E-state index is 0.300. The Morgan fingerprint density at radius 2 is 1.96 bits per heavy atom. The van der Waals surface area contributed by atoms with Crippen molar-refractivity contribution >= 4 is 22.4 Å². The van der Waals surface area contributed by atoms with Gasteiger partial charge in [0.05, 0.1) is 32.0 Å². The molecular weight excluding hydrogens is 326 g/mol. The summed E-state index contributed by atoms with van der Waals surface area (Å²) in [6.07, 6.45) is 0. The number of nitrogens with two attached hydrogens (primary N) is 1. The highest BCUT2D eigenvalue weighted by molar-refractivity contribution is 7.13. The molecule has 7 nitrogen and oxygen atoms in total. The van der Waals surface area contributed by atoms with Crippen LogP contribution in [-0.2, 0) is 13.1 Å². The van der Waals surface area contributed by atoms with Crippen LogP contribution >= 0.6 is 11.3 Å². The molecule has 2 rings (SSSR count). The fraction of sp³-hybridized carbons (Fsp3) is 0.375. The fourth-order valence-electron chi connectivity index (χ4n) is 2.16. The zero-order valence-electron chi connectivity index (χ0n) is 14.4. The molecule has 0 bridgehead atoms. The average Bonchev–Trinajstić information content (AvgIpc) is 2.98. The maximum Gasteiger partial charge on any atom is 0.195 e. The molecule has 0 saturated carbocycles. The summed E-state index contributed by atoms with van der Waals surface area (Å²) >= 11 is 1.50. The Bertz CT molecular complexity index is 677. The number of aliphatic imine (C=N–C) groups is 1. The standard InChI is InChI=1S/C16H23N5O2S/c1-21(2)9-11-10-24-16(19-11)20-15(17)18-8-12-13(22-3)6-5-7-14(12)23-4/h5-7,10H,8-9H2,1-4H3,(H3,17,18,19,20). The van der Waals surface area contributed by atoms with Crippen LogP contribution in [0.5, 0.6) is 11.5 Å². The highest BCUT2D eigenvalue weighted by Crippen LogP contribution is 2.28. The number of rotatable bonds is 7. The Morgan fingerprint density at radius 1 is 1.29 bits per heavy atom. The monoisotopic (exact) mass is 349 g/mol. The average molecular weight is 349 g/mol. The molecule has 0 spiro atoms. The molecule has 0 atom stereocenters. The van der Waals surface area contributed by atoms with Crippen LogP contribution in [0.4, 0.5) is 5.13 Å². The van der Waals surface area contributed by atoms with Crippen molar-refractivity contribution in [2.24, 2.45) is 10.7 Å². The molecule has 1 aromatic heterocycles. The van der Waals surface area contributed by atoms with E-state index in [2.05, 4.69) is 20.2 Å². The van der Waals surface area contributed by atoms with E-state index in [9.17, 15) is 0 Å². The Kier molecular flexibility index (Phi) is 6.39. The van der Waals surface area contributed by atoms with Crippen LogP contribution in [0.15, 0.2) is 28.6 Å². The molecule has 1 aromatic carbocycles. The molecule has 1 heterocycles. The highest BCUT2D eigenvalue weighted by Gasteiger charge is 2.10. The van der Waals surface area contributed by atoms with Crippen LogP contribution in [-0.4, -0.2) is 44.2 Å². The summed E-state index contributed by atoms with van der Waals surface area (Å²) in [5.74, 6) is 1.73. The first-order chi connectivity index (χ1) is 11.5. The van der Waals surface area contributed by atoms with Gasteiger partial charge in [-0.1, -0.05) is 6.07 Å². The summed E-state index contributed by atoms with van der Waals surface area (Å²) in [6.45, 7) is 1.13. The van der Waals surface area contributed by atoms with E-state index in [1.54, 1.807) is 14.2 Å². The first kappa shape index (κ1) is 18.0. The van der Waals surface area contributed by atoms with Crippen LogP contribution in [0.1, 0.15) is 11.3 Å². The third-order valence-electron chi connectivity index (χ3n) is 3.20. The molecule has 3 N–H and O–H groups in total. The summed E-state index contributed by atoms with van der Waals surface area (Å²) in [5.41, 5.74) is 7.80. The van der Waals surface area contributed by atoms with Gasteiger partial charge >= 0.3 is 0 Å². The van der Waals surface area contributed by atoms with E-state index in [1.165, 1.54) is 11.3 Å². The van der Waals surface area contributed by atoms with Crippen molar-refractivity contribution in [3.8, 4) is 11.5 Å². The summed E-state index contributed by atoms with van der Waals surface area (Å²) < 4.78 is 10.7. The molecule has 0 radical (unpaired) electrons. The summed E-state index contributed by atoms with van der Waals surface area (Å²) in [5, 5.41) is 5.74. The lowest BCUT2D eigenvalue weighted by Gasteiger charge is -2.11. The number of thiazole rings is 1. The van der Waals surface area contributed by atoms with Crippen LogP contribution in [0.25, 0.3) is 0 Å². The Morgan fingerprint density at radius 3 is 2.54 bits per heavy atom. The maximum atomic E-state index is 5.96. The number of benzene rings is 1. The second-order valence-corrected chi connectivity index (χ2v) is 6.21. The molecule has 0 unspecified atom stereocenters. The van der Waals surface area contributed by atoms with Crippen molar-refractivity contribution < 1.29 is 9.47 Å². The zero-order chi connectivity index (χ0) is 17.5. The van der Waals surface area contributed by atoms with Crippen molar-refractivity contribution in [1.29, 1.82) is 0 Å². The van der Waals surface area contributed by atoms with E-state index in [-0.39, 0.29) is 0 Å². The second-order valence-electron chi connectivity index (χ2n) is 5.35. The van der Waals surface area contributed by atoms with Crippen molar-refractivity contribution in [2.75, 3.05) is 33.6 Å². The normalized spacial score (nSPS) is 11.6. The molecule has 2 aromatic rings. The number of methoxy groups -OCH3 is 2. The summed E-state index contributed by atoms with van der Waals surface area (Å²) in [4.78, 5) is 10.9. The van der Waals surface area contributed by atoms with Gasteiger partial charge in [0.25, 0.3) is 0 Å². The Balaban J connectivity index is 2.05. The quantitative estimate of drug-likeness (QED) is 0.588. The van der Waals surface area contributed by atoms with Gasteiger partial charge in [-0.2, -0.15) is 0 Å². The molecule has 24 heavy (non-hydrogen) atoms. The van der Waals surface area contributed by atoms with Crippen LogP contribution in [0, 0.1) is 0 Å². The Labute approximate surface area is 146 Å². The number of nitrogens with zero attached hydrogens (tertiary/aromatic N) is 3. The first-order valence-electron chi connectivity index (χ1n) is 7.39. The third-order valence-corrected chi connectivity index (χ3v) is 4.01. The predicted octanol–water partition coefficient (Wildman–Crippen LogP) is 2.15. The van der Waals surface area contributed by atoms with Crippen LogP contribution in [0.2, 0.25) is 0 Å². The lowest BCUT2D eigenvalue weighted by atomic mass is 10.2. The van der Waals surface area contributed by atoms with Gasteiger partial charge in [0.15, 0.2) is 11.1 Å². The first-order valence-corrected chi connectivity index (χ1v) is 8.27. The number of ether oxygens (including phenoxy) is 2. The van der Waals surface area contributed by atoms with Gasteiger partial charge in [-0.05, 0) is 26.2 Å². The molecule has 0 aliphatic heterocycles. The van der Waals surface area contributed by atoms with Gasteiger partial charge in [-0.3, -0.25) is 0 Å². The predicted molar refractivity (Wildman–Crippen MR) is 98.0 cm³/mol. The minimum atomic E-state index is 0.300. The molecule has 0 aliphatic rings. The smallest absolute Gasteiger partial charge is 0.195 e. The lowest BCUT2D eigenvalue weighted by molar-refractivity contribution is 0.385. The summed E-state index contributed by atoms with van der Waals surface area (Å²) in [7, 11) is 7.24. The molecule has 0 aliphatic carbocycles. The topological polar surface area (TPSA) is 85.0 Å². The molecular formula is C16H23N5O2S. The van der Waals surface area contributed by atoms with Gasteiger partial charge < -0.3 is 25.4 Å². The fourth-order valence-corrected chi connectivity index (χ4v) is 2.87. The number of anilines is 1. The Hall–Kier alpha value is -2.32. The second kappa shape index (κ2) is 8.51. The maximum absolute atomic E-state index is 5.96. The van der Waals surface area contributed by atoms with E-state index in [4.69, 9.17) is 15.2 Å². The van der Waals surface area contributed by atoms with Crippen LogP contribution in [0.3, 0.4) is 0 Å². The van der Waals surface area contributed by atoms with Crippen molar-refractivity contribution in [1.82, 2.24) is 9.88 Å². The third kappa shape index (κ3) is 4.84. The van der Waals surface area contributed by atoms with Gasteiger partial charge in [0, 0.05) is 11.9 Å². The van der Waals surface area contributed by atoms with Gasteiger partial charge in [0.2, 0.25) is 0 Å². The minimum Gasteiger partial charge on any atom is -0.496 e.